The van der Waals surface area contributed by atoms with Crippen LogP contribution in [0.15, 0.2) is 71.6 Å². The van der Waals surface area contributed by atoms with Gasteiger partial charge in [-0.05, 0) is 29.8 Å². The molecule has 3 aromatic rings. The zero-order valence-electron chi connectivity index (χ0n) is 13.9. The number of hydrogen-bond donors (Lipinski definition) is 1. The van der Waals surface area contributed by atoms with Crippen LogP contribution in [0.4, 0.5) is 0 Å². The summed E-state index contributed by atoms with van der Waals surface area (Å²) in [6.07, 6.45) is 4.99. The predicted octanol–water partition coefficient (Wildman–Crippen LogP) is 0.136. The van der Waals surface area contributed by atoms with Crippen LogP contribution in [0.3, 0.4) is 0 Å². The average Bonchev–Trinajstić information content (AvgIpc) is 3.20. The van der Waals surface area contributed by atoms with Crippen LogP contribution in [-0.2, 0) is 13.1 Å². The van der Waals surface area contributed by atoms with E-state index < -0.39 is 12.0 Å². The Labute approximate surface area is 171 Å². The zero-order chi connectivity index (χ0) is 17.4. The summed E-state index contributed by atoms with van der Waals surface area (Å²) >= 11 is 3.44. The normalized spacial score (nSPS) is 16.8. The Morgan fingerprint density at radius 3 is 2.50 bits per heavy atom. The Kier molecular flexibility index (Phi) is 5.75. The van der Waals surface area contributed by atoms with Crippen molar-refractivity contribution in [2.45, 2.75) is 19.2 Å². The number of ketones is 1. The van der Waals surface area contributed by atoms with E-state index in [4.69, 9.17) is 0 Å². The maximum Gasteiger partial charge on any atom is 0.187 e. The first-order chi connectivity index (χ1) is 12.1. The molecule has 0 aliphatic carbocycles. The molecule has 1 N–H and O–H groups in total. The smallest absolute Gasteiger partial charge is 0.187 e. The van der Waals surface area contributed by atoms with E-state index in [9.17, 15) is 9.90 Å². The second-order valence-corrected chi connectivity index (χ2v) is 7.31. The van der Waals surface area contributed by atoms with E-state index in [0.717, 1.165) is 16.6 Å². The van der Waals surface area contributed by atoms with Crippen LogP contribution in [0.25, 0.3) is 0 Å². The number of benzene rings is 1. The number of aliphatic hydroxyl groups excluding tert-OH is 1. The van der Waals surface area contributed by atoms with Crippen LogP contribution < -0.4 is 21.5 Å². The van der Waals surface area contributed by atoms with Crippen LogP contribution in [0.1, 0.15) is 27.7 Å². The van der Waals surface area contributed by atoms with E-state index in [0.29, 0.717) is 12.2 Å². The number of Topliss-reactive ketones (excluding diaryl/α,β-unsaturated/α-hetero) is 1. The molecule has 1 aliphatic rings. The summed E-state index contributed by atoms with van der Waals surface area (Å²) < 4.78 is 5.03. The Balaban J connectivity index is 0.00000196. The summed E-state index contributed by atoms with van der Waals surface area (Å²) in [4.78, 5) is 12.4. The van der Waals surface area contributed by atoms with Crippen LogP contribution in [0.5, 0.6) is 0 Å². The Morgan fingerprint density at radius 2 is 1.85 bits per heavy atom. The third-order valence-electron chi connectivity index (χ3n) is 4.73. The minimum absolute atomic E-state index is 0. The molecule has 4 nitrogen and oxygen atoms in total. The van der Waals surface area contributed by atoms with E-state index in [1.54, 1.807) is 0 Å². The van der Waals surface area contributed by atoms with E-state index in [-0.39, 0.29) is 22.8 Å². The van der Waals surface area contributed by atoms with Gasteiger partial charge >= 0.3 is 0 Å². The van der Waals surface area contributed by atoms with Crippen molar-refractivity contribution in [1.82, 2.24) is 4.57 Å². The molecule has 134 valence electrons. The molecular formula is C20H18Br2N2O2. The number of fused-ring (bicyclic) bond motifs is 1. The third-order valence-corrected chi connectivity index (χ3v) is 5.26. The minimum atomic E-state index is -0.783. The van der Waals surface area contributed by atoms with Crippen molar-refractivity contribution >= 4 is 21.7 Å². The van der Waals surface area contributed by atoms with Crippen LogP contribution in [0.2, 0.25) is 0 Å². The molecule has 2 aromatic heterocycles. The lowest BCUT2D eigenvalue weighted by atomic mass is 9.93. The number of pyridine rings is 1. The van der Waals surface area contributed by atoms with E-state index in [2.05, 4.69) is 32.6 Å². The number of hydrogen-bond acceptors (Lipinski definition) is 2. The van der Waals surface area contributed by atoms with Gasteiger partial charge < -0.3 is 26.7 Å². The summed E-state index contributed by atoms with van der Waals surface area (Å²) in [5.41, 5.74) is 2.66. The molecule has 0 fully saturated rings. The molecule has 6 heteroatoms. The lowest BCUT2D eigenvalue weighted by molar-refractivity contribution is -0.688. The Hall–Kier alpha value is -1.76. The number of aromatic nitrogens is 2. The molecule has 2 unspecified atom stereocenters. The first kappa shape index (κ1) is 19.0. The van der Waals surface area contributed by atoms with Crippen molar-refractivity contribution in [3.05, 3.63) is 88.4 Å². The number of aliphatic hydroxyl groups is 1. The van der Waals surface area contributed by atoms with Gasteiger partial charge in [-0.1, -0.05) is 28.1 Å². The van der Waals surface area contributed by atoms with Crippen molar-refractivity contribution < 1.29 is 31.4 Å². The number of rotatable bonds is 4. The Morgan fingerprint density at radius 1 is 1.15 bits per heavy atom. The van der Waals surface area contributed by atoms with E-state index >= 15 is 0 Å². The second kappa shape index (κ2) is 7.86. The van der Waals surface area contributed by atoms with Crippen molar-refractivity contribution in [3.8, 4) is 0 Å². The topological polar surface area (TPSA) is 46.1 Å². The summed E-state index contributed by atoms with van der Waals surface area (Å²) in [6.45, 7) is 1.30. The van der Waals surface area contributed by atoms with Crippen LogP contribution in [0, 0.1) is 5.92 Å². The SMILES string of the molecule is O=C1c2cccn2CC1C(O)c1cc[n+](Cc2ccc(Br)cc2)cc1.[Br-]. The van der Waals surface area contributed by atoms with Gasteiger partial charge in [0.05, 0.1) is 17.7 Å². The molecular weight excluding hydrogens is 460 g/mol. The van der Waals surface area contributed by atoms with Crippen LogP contribution >= 0.6 is 15.9 Å². The molecule has 1 aliphatic heterocycles. The molecule has 26 heavy (non-hydrogen) atoms. The maximum atomic E-state index is 12.4. The van der Waals surface area contributed by atoms with E-state index in [1.165, 1.54) is 5.56 Å². The third kappa shape index (κ3) is 3.68. The molecule has 0 radical (unpaired) electrons. The van der Waals surface area contributed by atoms with Gasteiger partial charge in [0, 0.05) is 34.9 Å². The average molecular weight is 478 g/mol. The predicted molar refractivity (Wildman–Crippen MR) is 97.1 cm³/mol. The number of carbonyl (C=O) groups is 1. The highest BCUT2D eigenvalue weighted by Gasteiger charge is 2.36. The summed E-state index contributed by atoms with van der Waals surface area (Å²) in [5.74, 6) is -0.386. The van der Waals surface area contributed by atoms with Crippen molar-refractivity contribution in [3.63, 3.8) is 0 Å². The number of halogens is 2. The number of carbonyl (C=O) groups excluding carboxylic acids is 1. The van der Waals surface area contributed by atoms with Gasteiger partial charge in [0.2, 0.25) is 0 Å². The molecule has 0 saturated carbocycles. The fourth-order valence-corrected chi connectivity index (χ4v) is 3.59. The largest absolute Gasteiger partial charge is 1.00 e. The quantitative estimate of drug-likeness (QED) is 0.543. The monoisotopic (exact) mass is 476 g/mol. The molecule has 1 aromatic carbocycles. The van der Waals surface area contributed by atoms with Gasteiger partial charge in [-0.3, -0.25) is 4.79 Å². The maximum absolute atomic E-state index is 12.4. The fraction of sp³-hybridized carbons (Fsp3) is 0.200. The first-order valence-electron chi connectivity index (χ1n) is 8.23. The van der Waals surface area contributed by atoms with Crippen molar-refractivity contribution in [2.24, 2.45) is 5.92 Å². The summed E-state index contributed by atoms with van der Waals surface area (Å²) in [6, 6.07) is 15.7. The fourth-order valence-electron chi connectivity index (χ4n) is 3.33. The highest BCUT2D eigenvalue weighted by atomic mass is 79.9. The molecule has 4 rings (SSSR count). The highest BCUT2D eigenvalue weighted by Crippen LogP contribution is 2.31. The molecule has 3 heterocycles. The molecule has 0 saturated heterocycles. The second-order valence-electron chi connectivity index (χ2n) is 6.39. The first-order valence-corrected chi connectivity index (χ1v) is 9.02. The molecule has 0 spiro atoms. The van der Waals surface area contributed by atoms with Crippen molar-refractivity contribution in [1.29, 1.82) is 0 Å². The van der Waals surface area contributed by atoms with Crippen LogP contribution in [-0.4, -0.2) is 15.5 Å². The molecule has 0 bridgehead atoms. The summed E-state index contributed by atoms with van der Waals surface area (Å²) in [5, 5.41) is 10.6. The van der Waals surface area contributed by atoms with E-state index in [1.807, 2.05) is 59.6 Å². The van der Waals surface area contributed by atoms with Gasteiger partial charge in [0.15, 0.2) is 24.7 Å². The highest BCUT2D eigenvalue weighted by molar-refractivity contribution is 9.10. The lowest BCUT2D eigenvalue weighted by Gasteiger charge is -2.16. The minimum Gasteiger partial charge on any atom is -1.00 e. The molecule has 2 atom stereocenters. The zero-order valence-corrected chi connectivity index (χ0v) is 17.1. The standard InChI is InChI=1S/C20H18BrN2O2.BrH/c21-16-5-3-14(4-6-16)12-22-10-7-15(8-11-22)19(24)17-13-23-9-1-2-18(23)20(17)25;/h1-11,17,19,24H,12-13H2;1H/q+1;/p-1. The van der Waals surface area contributed by atoms with Gasteiger partial charge in [-0.15, -0.1) is 0 Å². The Bertz CT molecular complexity index is 904. The van der Waals surface area contributed by atoms with Gasteiger partial charge in [-0.2, -0.15) is 0 Å². The van der Waals surface area contributed by atoms with Gasteiger partial charge in [0.25, 0.3) is 0 Å². The lowest BCUT2D eigenvalue weighted by Crippen LogP contribution is -3.00. The van der Waals surface area contributed by atoms with Gasteiger partial charge in [-0.25, -0.2) is 4.57 Å². The van der Waals surface area contributed by atoms with Gasteiger partial charge in [0.1, 0.15) is 0 Å². The summed E-state index contributed by atoms with van der Waals surface area (Å²) in [7, 11) is 0. The molecule has 0 amide bonds. The number of nitrogens with zero attached hydrogens (tertiary/aromatic N) is 2. The van der Waals surface area contributed by atoms with Crippen molar-refractivity contribution in [2.75, 3.05) is 0 Å².